The summed E-state index contributed by atoms with van der Waals surface area (Å²) in [6.45, 7) is 8.15. The Balaban J connectivity index is -0.00000220. The minimum Gasteiger partial charge on any atom is -0.378 e. The number of hydrogen-bond donors (Lipinski definition) is 2. The molecule has 1 atom stereocenters. The zero-order chi connectivity index (χ0) is 16.5. The summed E-state index contributed by atoms with van der Waals surface area (Å²) in [7, 11) is 0. The van der Waals surface area contributed by atoms with Gasteiger partial charge in [-0.1, -0.05) is 13.8 Å². The van der Waals surface area contributed by atoms with Crippen molar-refractivity contribution in [2.45, 2.75) is 32.9 Å². The van der Waals surface area contributed by atoms with Crippen LogP contribution < -0.4 is 10.6 Å². The summed E-state index contributed by atoms with van der Waals surface area (Å²) in [4.78, 5) is 11.2. The second-order valence-corrected chi connectivity index (χ2v) is 4.80. The van der Waals surface area contributed by atoms with Gasteiger partial charge in [-0.2, -0.15) is 0 Å². The van der Waals surface area contributed by atoms with E-state index in [1.54, 1.807) is 0 Å². The van der Waals surface area contributed by atoms with E-state index in [1.807, 2.05) is 13.8 Å². The standard InChI is InChI=1S/C15H31FN2O4.2H2/c1-3-5-15(19)18-12-14(16)13-22-11-10-21-9-8-20-7-6-17-4-2;;/h14,17H,3-13H2,1-2H3,(H,18,19);2*1H. The molecule has 0 fully saturated rings. The summed E-state index contributed by atoms with van der Waals surface area (Å²) >= 11 is 0. The van der Waals surface area contributed by atoms with Crippen molar-refractivity contribution < 1.29 is 26.2 Å². The predicted molar refractivity (Wildman–Crippen MR) is 88.0 cm³/mol. The maximum Gasteiger partial charge on any atom is 0.220 e. The minimum atomic E-state index is -1.18. The van der Waals surface area contributed by atoms with E-state index < -0.39 is 6.17 Å². The molecule has 0 spiro atoms. The molecule has 1 amide bonds. The molecule has 0 rings (SSSR count). The molecule has 0 radical (unpaired) electrons. The fourth-order valence-corrected chi connectivity index (χ4v) is 1.57. The lowest BCUT2D eigenvalue weighted by molar-refractivity contribution is -0.121. The van der Waals surface area contributed by atoms with Gasteiger partial charge in [0.05, 0.1) is 46.2 Å². The van der Waals surface area contributed by atoms with Crippen LogP contribution in [-0.2, 0) is 19.0 Å². The molecule has 2 N–H and O–H groups in total. The third-order valence-corrected chi connectivity index (χ3v) is 2.71. The number of hydrogen-bond acceptors (Lipinski definition) is 5. The number of carbonyl (C=O) groups is 1. The van der Waals surface area contributed by atoms with Gasteiger partial charge in [0.2, 0.25) is 5.91 Å². The van der Waals surface area contributed by atoms with Crippen molar-refractivity contribution in [3.05, 3.63) is 0 Å². The number of amides is 1. The van der Waals surface area contributed by atoms with Crippen LogP contribution in [0.2, 0.25) is 0 Å². The van der Waals surface area contributed by atoms with Gasteiger partial charge in [-0.3, -0.25) is 4.79 Å². The average Bonchev–Trinajstić information content (AvgIpc) is 2.51. The highest BCUT2D eigenvalue weighted by Gasteiger charge is 2.08. The third kappa shape index (κ3) is 15.6. The Hall–Kier alpha value is -0.760. The number of alkyl halides is 1. The number of carbonyl (C=O) groups excluding carboxylic acids is 1. The Morgan fingerprint density at radius 2 is 1.73 bits per heavy atom. The number of nitrogens with one attached hydrogen (secondary N) is 2. The molecule has 7 heteroatoms. The van der Waals surface area contributed by atoms with Gasteiger partial charge in [-0.05, 0) is 13.0 Å². The Morgan fingerprint density at radius 1 is 1.09 bits per heavy atom. The molecule has 6 nitrogen and oxygen atoms in total. The molecule has 0 aromatic carbocycles. The number of likely N-dealkylation sites (N-methyl/N-ethyl adjacent to an activating group) is 1. The Kier molecular flexibility index (Phi) is 16.0. The first kappa shape index (κ1) is 21.2. The molecule has 0 aliphatic heterocycles. The molecule has 0 saturated heterocycles. The van der Waals surface area contributed by atoms with Crippen LogP contribution in [0.1, 0.15) is 29.5 Å². The van der Waals surface area contributed by atoms with E-state index >= 15 is 0 Å². The van der Waals surface area contributed by atoms with E-state index in [1.165, 1.54) is 0 Å². The summed E-state index contributed by atoms with van der Waals surface area (Å²) in [6, 6.07) is 0. The molecule has 0 heterocycles. The summed E-state index contributed by atoms with van der Waals surface area (Å²) in [5.41, 5.74) is 0. The topological polar surface area (TPSA) is 68.8 Å². The van der Waals surface area contributed by atoms with Crippen LogP contribution in [0.15, 0.2) is 0 Å². The molecular weight excluding hydrogens is 291 g/mol. The molecule has 0 bridgehead atoms. The normalized spacial score (nSPS) is 12.3. The zero-order valence-electron chi connectivity index (χ0n) is 13.9. The van der Waals surface area contributed by atoms with Crippen LogP contribution in [0.3, 0.4) is 0 Å². The first-order valence-corrected chi connectivity index (χ1v) is 8.05. The molecular formula is C15H35FN2O4. The van der Waals surface area contributed by atoms with Crippen molar-refractivity contribution in [3.63, 3.8) is 0 Å². The van der Waals surface area contributed by atoms with Crippen molar-refractivity contribution >= 4 is 5.91 Å². The summed E-state index contributed by atoms with van der Waals surface area (Å²) in [5, 5.41) is 5.68. The van der Waals surface area contributed by atoms with Crippen LogP contribution in [0.25, 0.3) is 0 Å². The van der Waals surface area contributed by atoms with Gasteiger partial charge in [0.25, 0.3) is 0 Å². The maximum absolute atomic E-state index is 13.4. The van der Waals surface area contributed by atoms with Crippen LogP contribution in [0, 0.1) is 0 Å². The largest absolute Gasteiger partial charge is 0.378 e. The van der Waals surface area contributed by atoms with Crippen molar-refractivity contribution in [3.8, 4) is 0 Å². The van der Waals surface area contributed by atoms with Crippen molar-refractivity contribution in [2.75, 3.05) is 59.3 Å². The molecule has 1 unspecified atom stereocenters. The van der Waals surface area contributed by atoms with Gasteiger partial charge in [0.15, 0.2) is 0 Å². The quantitative estimate of drug-likeness (QED) is 0.420. The smallest absolute Gasteiger partial charge is 0.220 e. The Morgan fingerprint density at radius 3 is 2.36 bits per heavy atom. The van der Waals surface area contributed by atoms with E-state index in [9.17, 15) is 9.18 Å². The maximum atomic E-state index is 13.4. The van der Waals surface area contributed by atoms with E-state index in [-0.39, 0.29) is 21.9 Å². The van der Waals surface area contributed by atoms with Gasteiger partial charge in [-0.25, -0.2) is 4.39 Å². The van der Waals surface area contributed by atoms with Gasteiger partial charge >= 0.3 is 0 Å². The lowest BCUT2D eigenvalue weighted by Gasteiger charge is -2.11. The molecule has 136 valence electrons. The highest BCUT2D eigenvalue weighted by molar-refractivity contribution is 5.75. The average molecular weight is 326 g/mol. The second-order valence-electron chi connectivity index (χ2n) is 4.80. The van der Waals surface area contributed by atoms with E-state index in [0.29, 0.717) is 39.5 Å². The second kappa shape index (κ2) is 16.6. The van der Waals surface area contributed by atoms with Crippen LogP contribution in [-0.4, -0.2) is 71.4 Å². The molecule has 0 saturated carbocycles. The summed E-state index contributed by atoms with van der Waals surface area (Å²) < 4.78 is 29.1. The number of halogens is 1. The van der Waals surface area contributed by atoms with Gasteiger partial charge in [0.1, 0.15) is 6.17 Å². The predicted octanol–water partition coefficient (Wildman–Crippen LogP) is 1.39. The van der Waals surface area contributed by atoms with Crippen molar-refractivity contribution in [1.29, 1.82) is 0 Å². The highest BCUT2D eigenvalue weighted by atomic mass is 19.1. The molecule has 0 aromatic rings. The minimum absolute atomic E-state index is 0. The molecule has 22 heavy (non-hydrogen) atoms. The molecule has 0 aliphatic carbocycles. The van der Waals surface area contributed by atoms with E-state index in [4.69, 9.17) is 14.2 Å². The first-order valence-electron chi connectivity index (χ1n) is 8.05. The summed E-state index contributed by atoms with van der Waals surface area (Å²) in [5.74, 6) is -0.123. The van der Waals surface area contributed by atoms with E-state index in [0.717, 1.165) is 19.5 Å². The van der Waals surface area contributed by atoms with Crippen LogP contribution >= 0.6 is 0 Å². The molecule has 0 aromatic heterocycles. The van der Waals surface area contributed by atoms with Gasteiger partial charge < -0.3 is 24.8 Å². The van der Waals surface area contributed by atoms with E-state index in [2.05, 4.69) is 10.6 Å². The zero-order valence-corrected chi connectivity index (χ0v) is 13.9. The lowest BCUT2D eigenvalue weighted by atomic mass is 10.3. The number of ether oxygens (including phenoxy) is 3. The SMILES string of the molecule is CCCC(=O)NCC(F)COCCOCCOCCNCC.[HH].[HH]. The van der Waals surface area contributed by atoms with Crippen molar-refractivity contribution in [1.82, 2.24) is 10.6 Å². The van der Waals surface area contributed by atoms with Crippen LogP contribution in [0.5, 0.6) is 0 Å². The van der Waals surface area contributed by atoms with Gasteiger partial charge in [-0.15, -0.1) is 0 Å². The summed E-state index contributed by atoms with van der Waals surface area (Å²) in [6.07, 6.45) is 0.00295. The van der Waals surface area contributed by atoms with Crippen molar-refractivity contribution in [2.24, 2.45) is 0 Å². The number of rotatable bonds is 16. The first-order chi connectivity index (χ1) is 10.7. The molecule has 0 aliphatic rings. The monoisotopic (exact) mass is 326 g/mol. The van der Waals surface area contributed by atoms with Crippen LogP contribution in [0.4, 0.5) is 4.39 Å². The third-order valence-electron chi connectivity index (χ3n) is 2.71. The Bertz CT molecular complexity index is 268. The van der Waals surface area contributed by atoms with Gasteiger partial charge in [0, 0.05) is 15.8 Å². The Labute approximate surface area is 136 Å². The lowest BCUT2D eigenvalue weighted by Crippen LogP contribution is -2.32. The fraction of sp³-hybridized carbons (Fsp3) is 0.933. The fourth-order valence-electron chi connectivity index (χ4n) is 1.57. The highest BCUT2D eigenvalue weighted by Crippen LogP contribution is 1.93.